The molecular formula is C10H11Cl2NO. The van der Waals surface area contributed by atoms with Crippen molar-refractivity contribution in [1.29, 1.82) is 0 Å². The van der Waals surface area contributed by atoms with E-state index in [1.54, 1.807) is 0 Å². The summed E-state index contributed by atoms with van der Waals surface area (Å²) in [4.78, 5) is 10.2. The predicted molar refractivity (Wildman–Crippen MR) is 58.6 cm³/mol. The van der Waals surface area contributed by atoms with E-state index in [0.29, 0.717) is 6.42 Å². The van der Waals surface area contributed by atoms with Crippen molar-refractivity contribution in [2.24, 2.45) is 5.73 Å². The number of hydrogen-bond acceptors (Lipinski definition) is 2. The molecule has 0 radical (unpaired) electrons. The Labute approximate surface area is 93.0 Å². The Kier molecular flexibility index (Phi) is 4.39. The van der Waals surface area contributed by atoms with Gasteiger partial charge in [0.2, 0.25) is 0 Å². The lowest BCUT2D eigenvalue weighted by Gasteiger charge is -2.10. The molecule has 0 aliphatic carbocycles. The van der Waals surface area contributed by atoms with E-state index in [1.165, 1.54) is 0 Å². The first-order valence-electron chi connectivity index (χ1n) is 4.22. The van der Waals surface area contributed by atoms with Gasteiger partial charge in [0.25, 0.3) is 0 Å². The van der Waals surface area contributed by atoms with Crippen molar-refractivity contribution in [2.75, 3.05) is 0 Å². The van der Waals surface area contributed by atoms with Crippen LogP contribution in [-0.4, -0.2) is 16.7 Å². The predicted octanol–water partition coefficient (Wildman–Crippen LogP) is 1.93. The van der Waals surface area contributed by atoms with Gasteiger partial charge in [0.15, 0.2) is 10.6 Å². The highest BCUT2D eigenvalue weighted by Crippen LogP contribution is 2.09. The van der Waals surface area contributed by atoms with Crippen molar-refractivity contribution in [1.82, 2.24) is 0 Å². The second-order valence-electron chi connectivity index (χ2n) is 3.00. The molecule has 1 aromatic rings. The Hall–Kier alpha value is -0.570. The molecule has 0 saturated heterocycles. The monoisotopic (exact) mass is 231 g/mol. The van der Waals surface area contributed by atoms with Crippen LogP contribution < -0.4 is 5.73 Å². The first-order valence-corrected chi connectivity index (χ1v) is 5.10. The number of carbonyl (C=O) groups is 1. The largest absolute Gasteiger partial charge is 0.321 e. The zero-order valence-corrected chi connectivity index (χ0v) is 9.00. The normalized spacial score (nSPS) is 12.9. The van der Waals surface area contributed by atoms with E-state index < -0.39 is 10.9 Å². The number of benzene rings is 1. The minimum Gasteiger partial charge on any atom is -0.321 e. The first-order chi connectivity index (χ1) is 6.61. The fourth-order valence-corrected chi connectivity index (χ4v) is 1.45. The summed E-state index contributed by atoms with van der Waals surface area (Å²) in [5.41, 5.74) is 6.63. The SMILES string of the molecule is N[C@@H](Cc1ccccc1)C(=O)C(Cl)Cl. The quantitative estimate of drug-likeness (QED) is 0.806. The molecule has 0 saturated carbocycles. The Morgan fingerprint density at radius 1 is 1.29 bits per heavy atom. The molecule has 4 heteroatoms. The number of carbonyl (C=O) groups excluding carboxylic acids is 1. The van der Waals surface area contributed by atoms with Gasteiger partial charge in [-0.3, -0.25) is 4.79 Å². The molecule has 0 aliphatic heterocycles. The zero-order valence-electron chi connectivity index (χ0n) is 7.49. The third-order valence-electron chi connectivity index (χ3n) is 1.88. The maximum atomic E-state index is 11.3. The molecule has 1 aromatic carbocycles. The van der Waals surface area contributed by atoms with Gasteiger partial charge in [-0.15, -0.1) is 0 Å². The smallest absolute Gasteiger partial charge is 0.182 e. The Morgan fingerprint density at radius 2 is 1.86 bits per heavy atom. The summed E-state index contributed by atoms with van der Waals surface area (Å²) in [6, 6.07) is 8.88. The maximum absolute atomic E-state index is 11.3. The second-order valence-corrected chi connectivity index (χ2v) is 4.10. The highest BCUT2D eigenvalue weighted by Gasteiger charge is 2.20. The standard InChI is InChI=1S/C10H11Cl2NO/c11-10(12)9(14)8(13)6-7-4-2-1-3-5-7/h1-5,8,10H,6,13H2/t8-/m0/s1. The van der Waals surface area contributed by atoms with Gasteiger partial charge in [-0.2, -0.15) is 0 Å². The van der Waals surface area contributed by atoms with Gasteiger partial charge >= 0.3 is 0 Å². The van der Waals surface area contributed by atoms with Crippen LogP contribution in [0.4, 0.5) is 0 Å². The summed E-state index contributed by atoms with van der Waals surface area (Å²) in [6.45, 7) is 0. The van der Waals surface area contributed by atoms with Crippen LogP contribution in [0.3, 0.4) is 0 Å². The fraction of sp³-hybridized carbons (Fsp3) is 0.300. The fourth-order valence-electron chi connectivity index (χ4n) is 1.13. The average Bonchev–Trinajstić information content (AvgIpc) is 2.18. The molecule has 0 aliphatic rings. The van der Waals surface area contributed by atoms with Crippen LogP contribution in [0, 0.1) is 0 Å². The van der Waals surface area contributed by atoms with E-state index in [9.17, 15) is 4.79 Å². The summed E-state index contributed by atoms with van der Waals surface area (Å²) in [5.74, 6) is -0.336. The number of alkyl halides is 2. The Bertz CT molecular complexity index is 300. The van der Waals surface area contributed by atoms with Crippen molar-refractivity contribution in [3.63, 3.8) is 0 Å². The molecule has 0 aromatic heterocycles. The second kappa shape index (κ2) is 5.35. The number of nitrogens with two attached hydrogens (primary N) is 1. The van der Waals surface area contributed by atoms with Crippen LogP contribution in [0.15, 0.2) is 30.3 Å². The van der Waals surface area contributed by atoms with Crippen LogP contribution in [-0.2, 0) is 11.2 Å². The third-order valence-corrected chi connectivity index (χ3v) is 2.31. The molecule has 2 nitrogen and oxygen atoms in total. The lowest BCUT2D eigenvalue weighted by molar-refractivity contribution is -0.118. The topological polar surface area (TPSA) is 43.1 Å². The number of rotatable bonds is 4. The average molecular weight is 232 g/mol. The number of ketones is 1. The molecule has 0 spiro atoms. The lowest BCUT2D eigenvalue weighted by atomic mass is 10.0. The van der Waals surface area contributed by atoms with E-state index in [4.69, 9.17) is 28.9 Å². The van der Waals surface area contributed by atoms with E-state index in [0.717, 1.165) is 5.56 Å². The molecule has 76 valence electrons. The van der Waals surface area contributed by atoms with Crippen molar-refractivity contribution >= 4 is 29.0 Å². The lowest BCUT2D eigenvalue weighted by Crippen LogP contribution is -2.36. The van der Waals surface area contributed by atoms with E-state index in [-0.39, 0.29) is 5.78 Å². The molecule has 0 fully saturated rings. The highest BCUT2D eigenvalue weighted by molar-refractivity contribution is 6.54. The molecule has 0 amide bonds. The molecular weight excluding hydrogens is 221 g/mol. The molecule has 2 N–H and O–H groups in total. The van der Waals surface area contributed by atoms with Crippen LogP contribution in [0.5, 0.6) is 0 Å². The van der Waals surface area contributed by atoms with Gasteiger partial charge in [0, 0.05) is 0 Å². The highest BCUT2D eigenvalue weighted by atomic mass is 35.5. The van der Waals surface area contributed by atoms with Gasteiger partial charge in [0.05, 0.1) is 6.04 Å². The zero-order chi connectivity index (χ0) is 10.6. The van der Waals surface area contributed by atoms with Gasteiger partial charge in [-0.05, 0) is 12.0 Å². The van der Waals surface area contributed by atoms with Crippen LogP contribution in [0.2, 0.25) is 0 Å². The van der Waals surface area contributed by atoms with Gasteiger partial charge < -0.3 is 5.73 Å². The van der Waals surface area contributed by atoms with Crippen molar-refractivity contribution < 1.29 is 4.79 Å². The van der Waals surface area contributed by atoms with E-state index >= 15 is 0 Å². The van der Waals surface area contributed by atoms with E-state index in [1.807, 2.05) is 30.3 Å². The third kappa shape index (κ3) is 3.29. The molecule has 14 heavy (non-hydrogen) atoms. The maximum Gasteiger partial charge on any atom is 0.182 e. The summed E-state index contributed by atoms with van der Waals surface area (Å²) in [7, 11) is 0. The molecule has 1 rings (SSSR count). The van der Waals surface area contributed by atoms with Gasteiger partial charge in [-0.1, -0.05) is 53.5 Å². The van der Waals surface area contributed by atoms with Gasteiger partial charge in [0.1, 0.15) is 0 Å². The Balaban J connectivity index is 2.57. The van der Waals surface area contributed by atoms with Crippen LogP contribution in [0.25, 0.3) is 0 Å². The minimum absolute atomic E-state index is 0.336. The summed E-state index contributed by atoms with van der Waals surface area (Å²) in [5, 5.41) is 0. The number of halogens is 2. The van der Waals surface area contributed by atoms with Crippen LogP contribution >= 0.6 is 23.2 Å². The molecule has 0 unspecified atom stereocenters. The number of hydrogen-bond donors (Lipinski definition) is 1. The van der Waals surface area contributed by atoms with Gasteiger partial charge in [-0.25, -0.2) is 0 Å². The summed E-state index contributed by atoms with van der Waals surface area (Å²) < 4.78 is 0. The van der Waals surface area contributed by atoms with Crippen molar-refractivity contribution in [2.45, 2.75) is 17.3 Å². The Morgan fingerprint density at radius 3 is 2.36 bits per heavy atom. The van der Waals surface area contributed by atoms with Crippen molar-refractivity contribution in [3.8, 4) is 0 Å². The summed E-state index contributed by atoms with van der Waals surface area (Å²) in [6.07, 6.45) is 0.468. The molecule has 0 bridgehead atoms. The molecule has 0 heterocycles. The van der Waals surface area contributed by atoms with E-state index in [2.05, 4.69) is 0 Å². The van der Waals surface area contributed by atoms with Crippen molar-refractivity contribution in [3.05, 3.63) is 35.9 Å². The molecule has 1 atom stereocenters. The van der Waals surface area contributed by atoms with Crippen LogP contribution in [0.1, 0.15) is 5.56 Å². The minimum atomic E-state index is -1.03. The number of Topliss-reactive ketones (excluding diaryl/α,β-unsaturated/α-hetero) is 1. The first kappa shape index (κ1) is 11.5. The summed E-state index contributed by atoms with van der Waals surface area (Å²) >= 11 is 10.9.